The number of carbonyl (C=O) groups excluding carboxylic acids is 1. The average molecular weight is 284 g/mol. The van der Waals surface area contributed by atoms with Gasteiger partial charge in [-0.05, 0) is 43.3 Å². The SMILES string of the molecule is CC(Nc1ccc(Oc2ccccc2)cc1)C(=O)N(C)C. The molecular formula is C17H20N2O2. The largest absolute Gasteiger partial charge is 0.457 e. The summed E-state index contributed by atoms with van der Waals surface area (Å²) in [5.41, 5.74) is 0.887. The zero-order chi connectivity index (χ0) is 15.2. The van der Waals surface area contributed by atoms with E-state index >= 15 is 0 Å². The van der Waals surface area contributed by atoms with Crippen LogP contribution < -0.4 is 10.1 Å². The van der Waals surface area contributed by atoms with Gasteiger partial charge in [0.1, 0.15) is 17.5 Å². The molecule has 0 spiro atoms. The van der Waals surface area contributed by atoms with Crippen molar-refractivity contribution in [3.8, 4) is 11.5 Å². The molecule has 1 atom stereocenters. The molecule has 4 heteroatoms. The standard InChI is InChI=1S/C17H20N2O2/c1-13(17(20)19(2)3)18-14-9-11-16(12-10-14)21-15-7-5-4-6-8-15/h4-13,18H,1-3H3. The number of anilines is 1. The fourth-order valence-electron chi connectivity index (χ4n) is 1.94. The van der Waals surface area contributed by atoms with Crippen LogP contribution >= 0.6 is 0 Å². The molecule has 0 aliphatic rings. The van der Waals surface area contributed by atoms with Gasteiger partial charge in [-0.2, -0.15) is 0 Å². The first-order chi connectivity index (χ1) is 10.1. The van der Waals surface area contributed by atoms with Crippen LogP contribution in [-0.4, -0.2) is 30.9 Å². The molecule has 0 heterocycles. The Morgan fingerprint density at radius 1 is 1.00 bits per heavy atom. The second kappa shape index (κ2) is 6.79. The Morgan fingerprint density at radius 2 is 1.57 bits per heavy atom. The van der Waals surface area contributed by atoms with Crippen LogP contribution in [0.4, 0.5) is 5.69 Å². The molecule has 0 fully saturated rings. The molecule has 0 bridgehead atoms. The van der Waals surface area contributed by atoms with Gasteiger partial charge in [0.05, 0.1) is 0 Å². The Balaban J connectivity index is 1.97. The molecule has 1 N–H and O–H groups in total. The highest BCUT2D eigenvalue weighted by Gasteiger charge is 2.14. The molecule has 2 rings (SSSR count). The van der Waals surface area contributed by atoms with E-state index in [4.69, 9.17) is 4.74 Å². The zero-order valence-electron chi connectivity index (χ0n) is 12.5. The number of para-hydroxylation sites is 1. The van der Waals surface area contributed by atoms with Crippen molar-refractivity contribution < 1.29 is 9.53 Å². The van der Waals surface area contributed by atoms with Crippen LogP contribution in [0.5, 0.6) is 11.5 Å². The molecule has 2 aromatic rings. The highest BCUT2D eigenvalue weighted by molar-refractivity contribution is 5.83. The molecular weight excluding hydrogens is 264 g/mol. The second-order valence-electron chi connectivity index (χ2n) is 5.04. The third-order valence-electron chi connectivity index (χ3n) is 3.03. The minimum absolute atomic E-state index is 0.0413. The molecule has 1 amide bonds. The second-order valence-corrected chi connectivity index (χ2v) is 5.04. The zero-order valence-corrected chi connectivity index (χ0v) is 12.5. The van der Waals surface area contributed by atoms with Crippen molar-refractivity contribution in [1.29, 1.82) is 0 Å². The van der Waals surface area contributed by atoms with Gasteiger partial charge in [0.15, 0.2) is 0 Å². The number of ether oxygens (including phenoxy) is 1. The van der Waals surface area contributed by atoms with Gasteiger partial charge in [-0.15, -0.1) is 0 Å². The van der Waals surface area contributed by atoms with Crippen LogP contribution in [0.1, 0.15) is 6.92 Å². The Bertz CT molecular complexity index is 579. The lowest BCUT2D eigenvalue weighted by molar-refractivity contribution is -0.129. The Morgan fingerprint density at radius 3 is 2.14 bits per heavy atom. The lowest BCUT2D eigenvalue weighted by Crippen LogP contribution is -2.36. The fourth-order valence-corrected chi connectivity index (χ4v) is 1.94. The van der Waals surface area contributed by atoms with Crippen LogP contribution in [0.3, 0.4) is 0 Å². The topological polar surface area (TPSA) is 41.6 Å². The molecule has 4 nitrogen and oxygen atoms in total. The van der Waals surface area contributed by atoms with E-state index in [-0.39, 0.29) is 11.9 Å². The number of hydrogen-bond acceptors (Lipinski definition) is 3. The first-order valence-electron chi connectivity index (χ1n) is 6.87. The summed E-state index contributed by atoms with van der Waals surface area (Å²) in [7, 11) is 3.49. The average Bonchev–Trinajstić information content (AvgIpc) is 2.49. The Hall–Kier alpha value is -2.49. The van der Waals surface area contributed by atoms with Gasteiger partial charge in [0.2, 0.25) is 5.91 Å². The third kappa shape index (κ3) is 4.24. The maximum absolute atomic E-state index is 11.8. The van der Waals surface area contributed by atoms with Crippen molar-refractivity contribution in [3.63, 3.8) is 0 Å². The molecule has 0 aliphatic heterocycles. The van der Waals surface area contributed by atoms with E-state index < -0.39 is 0 Å². The number of likely N-dealkylation sites (N-methyl/N-ethyl adjacent to an activating group) is 1. The van der Waals surface area contributed by atoms with Crippen molar-refractivity contribution in [3.05, 3.63) is 54.6 Å². The van der Waals surface area contributed by atoms with E-state index in [1.807, 2.05) is 61.5 Å². The van der Waals surface area contributed by atoms with E-state index in [1.165, 1.54) is 0 Å². The highest BCUT2D eigenvalue weighted by atomic mass is 16.5. The van der Waals surface area contributed by atoms with Crippen LogP contribution in [-0.2, 0) is 4.79 Å². The van der Waals surface area contributed by atoms with E-state index in [2.05, 4.69) is 5.32 Å². The highest BCUT2D eigenvalue weighted by Crippen LogP contribution is 2.22. The van der Waals surface area contributed by atoms with Gasteiger partial charge in [-0.1, -0.05) is 18.2 Å². The number of nitrogens with zero attached hydrogens (tertiary/aromatic N) is 1. The summed E-state index contributed by atoms with van der Waals surface area (Å²) in [6, 6.07) is 16.9. The molecule has 0 saturated carbocycles. The summed E-state index contributed by atoms with van der Waals surface area (Å²) >= 11 is 0. The first kappa shape index (κ1) is 14.9. The fraction of sp³-hybridized carbons (Fsp3) is 0.235. The Labute approximate surface area is 125 Å². The van der Waals surface area contributed by atoms with Crippen LogP contribution in [0.2, 0.25) is 0 Å². The number of rotatable bonds is 5. The molecule has 2 aromatic carbocycles. The van der Waals surface area contributed by atoms with Gasteiger partial charge >= 0.3 is 0 Å². The quantitative estimate of drug-likeness (QED) is 0.915. The molecule has 1 unspecified atom stereocenters. The molecule has 110 valence electrons. The number of amides is 1. The van der Waals surface area contributed by atoms with E-state index in [0.717, 1.165) is 17.2 Å². The summed E-state index contributed by atoms with van der Waals surface area (Å²) in [5.74, 6) is 1.60. The Kier molecular flexibility index (Phi) is 4.82. The summed E-state index contributed by atoms with van der Waals surface area (Å²) in [5, 5.41) is 3.17. The van der Waals surface area contributed by atoms with Crippen molar-refractivity contribution >= 4 is 11.6 Å². The van der Waals surface area contributed by atoms with Gasteiger partial charge in [0, 0.05) is 19.8 Å². The van der Waals surface area contributed by atoms with Crippen molar-refractivity contribution in [1.82, 2.24) is 4.90 Å². The summed E-state index contributed by atoms with van der Waals surface area (Å²) < 4.78 is 5.72. The number of nitrogens with one attached hydrogen (secondary N) is 1. The monoisotopic (exact) mass is 284 g/mol. The van der Waals surface area contributed by atoms with E-state index in [9.17, 15) is 4.79 Å². The third-order valence-corrected chi connectivity index (χ3v) is 3.03. The van der Waals surface area contributed by atoms with Gasteiger partial charge < -0.3 is 15.0 Å². The molecule has 21 heavy (non-hydrogen) atoms. The maximum atomic E-state index is 11.8. The van der Waals surface area contributed by atoms with Gasteiger partial charge in [-0.3, -0.25) is 4.79 Å². The molecule has 0 saturated heterocycles. The minimum Gasteiger partial charge on any atom is -0.457 e. The summed E-state index contributed by atoms with van der Waals surface area (Å²) in [6.45, 7) is 1.84. The van der Waals surface area contributed by atoms with Crippen molar-refractivity contribution in [2.24, 2.45) is 0 Å². The lowest BCUT2D eigenvalue weighted by atomic mass is 10.2. The van der Waals surface area contributed by atoms with E-state index in [0.29, 0.717) is 0 Å². The van der Waals surface area contributed by atoms with Crippen molar-refractivity contribution in [2.75, 3.05) is 19.4 Å². The van der Waals surface area contributed by atoms with Crippen molar-refractivity contribution in [2.45, 2.75) is 13.0 Å². The van der Waals surface area contributed by atoms with Crippen LogP contribution in [0, 0.1) is 0 Å². The lowest BCUT2D eigenvalue weighted by Gasteiger charge is -2.19. The first-order valence-corrected chi connectivity index (χ1v) is 6.87. The number of carbonyl (C=O) groups is 1. The van der Waals surface area contributed by atoms with Gasteiger partial charge in [0.25, 0.3) is 0 Å². The predicted molar refractivity (Wildman–Crippen MR) is 84.7 cm³/mol. The summed E-state index contributed by atoms with van der Waals surface area (Å²) in [4.78, 5) is 13.4. The summed E-state index contributed by atoms with van der Waals surface area (Å²) in [6.07, 6.45) is 0. The molecule has 0 radical (unpaired) electrons. The van der Waals surface area contributed by atoms with Crippen LogP contribution in [0.15, 0.2) is 54.6 Å². The van der Waals surface area contributed by atoms with E-state index in [1.54, 1.807) is 19.0 Å². The minimum atomic E-state index is -0.263. The number of hydrogen-bond donors (Lipinski definition) is 1. The maximum Gasteiger partial charge on any atom is 0.244 e. The van der Waals surface area contributed by atoms with Gasteiger partial charge in [-0.25, -0.2) is 0 Å². The van der Waals surface area contributed by atoms with Crippen LogP contribution in [0.25, 0.3) is 0 Å². The normalized spacial score (nSPS) is 11.6. The smallest absolute Gasteiger partial charge is 0.244 e. The molecule has 0 aromatic heterocycles. The predicted octanol–water partition coefficient (Wildman–Crippen LogP) is 3.37. The number of benzene rings is 2. The molecule has 0 aliphatic carbocycles.